The van der Waals surface area contributed by atoms with E-state index in [4.69, 9.17) is 16.7 Å². The first-order valence-corrected chi connectivity index (χ1v) is 7.44. The van der Waals surface area contributed by atoms with Crippen LogP contribution in [0.2, 0.25) is 0 Å². The maximum atomic E-state index is 8.88. The van der Waals surface area contributed by atoms with Crippen LogP contribution in [-0.2, 0) is 0 Å². The minimum Gasteiger partial charge on any atom is -0.396 e. The Morgan fingerprint density at radius 1 is 1.42 bits per heavy atom. The van der Waals surface area contributed by atoms with E-state index in [1.165, 1.54) is 5.54 Å². The highest BCUT2D eigenvalue weighted by molar-refractivity contribution is 6.25. The number of halogens is 1. The Labute approximate surface area is 122 Å². The van der Waals surface area contributed by atoms with Crippen molar-refractivity contribution in [3.05, 3.63) is 11.7 Å². The standard InChI is InChI=1S/C14H28ClN3O/c1-4-13(12(2)6-5-11-19)7-9-17-14(16-3)18-10-8-15/h8,10,12-14,17-19H,3-7,9,11H2,1-2H3/b10-8+. The van der Waals surface area contributed by atoms with Crippen molar-refractivity contribution >= 4 is 18.3 Å². The second-order valence-electron chi connectivity index (χ2n) is 4.80. The van der Waals surface area contributed by atoms with E-state index in [1.807, 2.05) is 0 Å². The van der Waals surface area contributed by atoms with Crippen LogP contribution in [0.5, 0.6) is 0 Å². The van der Waals surface area contributed by atoms with E-state index in [0.29, 0.717) is 11.8 Å². The van der Waals surface area contributed by atoms with Crippen LogP contribution >= 0.6 is 11.6 Å². The highest BCUT2D eigenvalue weighted by atomic mass is 35.5. The summed E-state index contributed by atoms with van der Waals surface area (Å²) in [5, 5.41) is 15.1. The number of hydrogen-bond acceptors (Lipinski definition) is 4. The van der Waals surface area contributed by atoms with Gasteiger partial charge in [0, 0.05) is 18.3 Å². The minimum atomic E-state index is -0.194. The summed E-state index contributed by atoms with van der Waals surface area (Å²) in [6.45, 7) is 9.18. The number of aliphatic hydroxyl groups excluding tert-OH is 1. The number of hydrogen-bond donors (Lipinski definition) is 3. The van der Waals surface area contributed by atoms with Crippen LogP contribution in [0.15, 0.2) is 16.7 Å². The quantitative estimate of drug-likeness (QED) is 0.382. The second kappa shape index (κ2) is 12.5. The van der Waals surface area contributed by atoms with Crippen molar-refractivity contribution in [2.45, 2.75) is 45.8 Å². The fourth-order valence-corrected chi connectivity index (χ4v) is 2.32. The molecule has 0 aromatic heterocycles. The Bertz CT molecular complexity index is 249. The van der Waals surface area contributed by atoms with Crippen molar-refractivity contribution in [2.24, 2.45) is 16.8 Å². The van der Waals surface area contributed by atoms with E-state index in [0.717, 1.165) is 32.2 Å². The molecule has 0 radical (unpaired) electrons. The maximum Gasteiger partial charge on any atom is 0.172 e. The molecule has 0 spiro atoms. The van der Waals surface area contributed by atoms with Crippen LogP contribution in [0.4, 0.5) is 0 Å². The monoisotopic (exact) mass is 289 g/mol. The molecule has 0 aliphatic heterocycles. The lowest BCUT2D eigenvalue weighted by Gasteiger charge is -2.23. The molecule has 0 aliphatic rings. The molecule has 0 aromatic carbocycles. The van der Waals surface area contributed by atoms with E-state index in [1.54, 1.807) is 6.20 Å². The Morgan fingerprint density at radius 3 is 2.68 bits per heavy atom. The zero-order valence-corrected chi connectivity index (χ0v) is 12.9. The van der Waals surface area contributed by atoms with Crippen LogP contribution in [-0.4, -0.2) is 31.3 Å². The molecule has 0 aliphatic carbocycles. The summed E-state index contributed by atoms with van der Waals surface area (Å²) in [6, 6.07) is 0. The van der Waals surface area contributed by atoms with Gasteiger partial charge in [-0.2, -0.15) is 0 Å². The van der Waals surface area contributed by atoms with E-state index in [9.17, 15) is 0 Å². The first-order valence-electron chi connectivity index (χ1n) is 7.00. The summed E-state index contributed by atoms with van der Waals surface area (Å²) in [4.78, 5) is 3.93. The lowest BCUT2D eigenvalue weighted by atomic mass is 9.85. The molecule has 0 aromatic rings. The summed E-state index contributed by atoms with van der Waals surface area (Å²) in [5.74, 6) is 1.32. The van der Waals surface area contributed by atoms with Crippen LogP contribution in [0, 0.1) is 11.8 Å². The first-order chi connectivity index (χ1) is 9.19. The zero-order valence-electron chi connectivity index (χ0n) is 12.1. The molecule has 0 bridgehead atoms. The summed E-state index contributed by atoms with van der Waals surface area (Å²) in [5.41, 5.74) is 1.41. The van der Waals surface area contributed by atoms with Crippen LogP contribution in [0.3, 0.4) is 0 Å². The van der Waals surface area contributed by atoms with Gasteiger partial charge in [-0.05, 0) is 44.4 Å². The number of nitrogens with zero attached hydrogens (tertiary/aromatic N) is 1. The molecule has 4 nitrogen and oxygen atoms in total. The Hall–Kier alpha value is -0.580. The highest BCUT2D eigenvalue weighted by Gasteiger charge is 2.15. The lowest BCUT2D eigenvalue weighted by Crippen LogP contribution is -2.39. The average Bonchev–Trinajstić information content (AvgIpc) is 2.44. The van der Waals surface area contributed by atoms with Crippen molar-refractivity contribution < 1.29 is 5.11 Å². The molecule has 3 N–H and O–H groups in total. The smallest absolute Gasteiger partial charge is 0.172 e. The summed E-state index contributed by atoms with van der Waals surface area (Å²) in [6.07, 6.45) is 5.68. The van der Waals surface area contributed by atoms with Gasteiger partial charge in [0.15, 0.2) is 6.29 Å². The fourth-order valence-electron chi connectivity index (χ4n) is 2.25. The average molecular weight is 290 g/mol. The molecule has 0 saturated carbocycles. The summed E-state index contributed by atoms with van der Waals surface area (Å²) >= 11 is 5.45. The Kier molecular flexibility index (Phi) is 12.1. The number of nitrogens with one attached hydrogen (secondary N) is 2. The molecular formula is C14H28ClN3O. The van der Waals surface area contributed by atoms with Gasteiger partial charge in [-0.25, -0.2) is 0 Å². The molecule has 5 heteroatoms. The number of aliphatic hydroxyl groups is 1. The van der Waals surface area contributed by atoms with Crippen molar-refractivity contribution in [1.82, 2.24) is 10.6 Å². The number of rotatable bonds is 12. The molecule has 0 saturated heterocycles. The first kappa shape index (κ1) is 18.4. The molecule has 0 fully saturated rings. The molecule has 0 heterocycles. The van der Waals surface area contributed by atoms with Gasteiger partial charge in [-0.3, -0.25) is 10.3 Å². The van der Waals surface area contributed by atoms with Gasteiger partial charge in [0.05, 0.1) is 0 Å². The van der Waals surface area contributed by atoms with Gasteiger partial charge in [0.1, 0.15) is 0 Å². The normalized spacial score (nSPS) is 16.2. The predicted octanol–water partition coefficient (Wildman–Crippen LogP) is 2.68. The SMILES string of the molecule is C=NC(N/C=C/Cl)NCCC(CC)C(C)CCCO. The second-order valence-corrected chi connectivity index (χ2v) is 5.05. The molecule has 0 rings (SSSR count). The molecule has 3 atom stereocenters. The van der Waals surface area contributed by atoms with Crippen LogP contribution in [0.25, 0.3) is 0 Å². The molecule has 19 heavy (non-hydrogen) atoms. The van der Waals surface area contributed by atoms with Crippen molar-refractivity contribution in [1.29, 1.82) is 0 Å². The van der Waals surface area contributed by atoms with E-state index in [2.05, 4.69) is 36.2 Å². The van der Waals surface area contributed by atoms with E-state index in [-0.39, 0.29) is 12.9 Å². The van der Waals surface area contributed by atoms with Crippen molar-refractivity contribution in [3.8, 4) is 0 Å². The third kappa shape index (κ3) is 9.03. The molecule has 3 unspecified atom stereocenters. The fraction of sp³-hybridized carbons (Fsp3) is 0.786. The number of aliphatic imine (C=N–C) groups is 1. The van der Waals surface area contributed by atoms with Gasteiger partial charge < -0.3 is 10.4 Å². The summed E-state index contributed by atoms with van der Waals surface area (Å²) < 4.78 is 0. The van der Waals surface area contributed by atoms with Crippen LogP contribution < -0.4 is 10.6 Å². The van der Waals surface area contributed by atoms with Gasteiger partial charge in [0.25, 0.3) is 0 Å². The van der Waals surface area contributed by atoms with Crippen molar-refractivity contribution in [3.63, 3.8) is 0 Å². The van der Waals surface area contributed by atoms with Gasteiger partial charge in [-0.1, -0.05) is 31.9 Å². The molecule has 112 valence electrons. The Balaban J connectivity index is 3.95. The largest absolute Gasteiger partial charge is 0.396 e. The summed E-state index contributed by atoms with van der Waals surface area (Å²) in [7, 11) is 0. The van der Waals surface area contributed by atoms with Crippen molar-refractivity contribution in [2.75, 3.05) is 13.2 Å². The molecule has 0 amide bonds. The topological polar surface area (TPSA) is 56.7 Å². The van der Waals surface area contributed by atoms with E-state index >= 15 is 0 Å². The van der Waals surface area contributed by atoms with E-state index < -0.39 is 0 Å². The lowest BCUT2D eigenvalue weighted by molar-refractivity contribution is 0.242. The predicted molar refractivity (Wildman–Crippen MR) is 83.4 cm³/mol. The zero-order chi connectivity index (χ0) is 14.5. The third-order valence-electron chi connectivity index (χ3n) is 3.50. The van der Waals surface area contributed by atoms with Gasteiger partial charge in [-0.15, -0.1) is 0 Å². The maximum absolute atomic E-state index is 8.88. The highest BCUT2D eigenvalue weighted by Crippen LogP contribution is 2.23. The minimum absolute atomic E-state index is 0.194. The van der Waals surface area contributed by atoms with Crippen LogP contribution in [0.1, 0.15) is 39.5 Å². The Morgan fingerprint density at radius 2 is 2.16 bits per heavy atom. The van der Waals surface area contributed by atoms with Gasteiger partial charge in [0.2, 0.25) is 0 Å². The third-order valence-corrected chi connectivity index (χ3v) is 3.63. The molecular weight excluding hydrogens is 262 g/mol. The van der Waals surface area contributed by atoms with Gasteiger partial charge >= 0.3 is 0 Å².